The Morgan fingerprint density at radius 3 is 2.62 bits per heavy atom. The monoisotopic (exact) mass is 314 g/mol. The number of carboxylic acids is 1. The molecule has 0 saturated carbocycles. The lowest BCUT2D eigenvalue weighted by Crippen LogP contribution is -2.40. The zero-order valence-electron chi connectivity index (χ0n) is 10.6. The van der Waals surface area contributed by atoms with Crippen molar-refractivity contribution in [2.24, 2.45) is 0 Å². The number of halogens is 1. The van der Waals surface area contributed by atoms with Crippen LogP contribution in [-0.4, -0.2) is 50.6 Å². The highest BCUT2D eigenvalue weighted by molar-refractivity contribution is 6.33. The van der Waals surface area contributed by atoms with E-state index in [1.54, 1.807) is 0 Å². The van der Waals surface area contributed by atoms with Crippen molar-refractivity contribution in [2.75, 3.05) is 6.54 Å². The highest BCUT2D eigenvalue weighted by atomic mass is 35.5. The Labute approximate surface area is 123 Å². The fraction of sp³-hybridized carbons (Fsp3) is 0.333. The van der Waals surface area contributed by atoms with Crippen molar-refractivity contribution in [1.29, 1.82) is 0 Å². The standard InChI is InChI=1S/C12H11ClN2O6/c13-8-3-6(1-2-9(8)15(20)21)11(17)14-5-7(16)4-10(14)12(18)19/h1-3,7,10,16H,4-5H2,(H,18,19)/t7-,10+/m1/s1. The summed E-state index contributed by atoms with van der Waals surface area (Å²) in [4.78, 5) is 34.3. The van der Waals surface area contributed by atoms with Gasteiger partial charge in [-0.1, -0.05) is 11.6 Å². The summed E-state index contributed by atoms with van der Waals surface area (Å²) in [7, 11) is 0. The lowest BCUT2D eigenvalue weighted by molar-refractivity contribution is -0.384. The lowest BCUT2D eigenvalue weighted by atomic mass is 10.1. The Morgan fingerprint density at radius 1 is 1.43 bits per heavy atom. The van der Waals surface area contributed by atoms with Crippen LogP contribution in [0.15, 0.2) is 18.2 Å². The zero-order chi connectivity index (χ0) is 15.7. The molecule has 0 unspecified atom stereocenters. The second-order valence-corrected chi connectivity index (χ2v) is 5.03. The van der Waals surface area contributed by atoms with Gasteiger partial charge in [0, 0.05) is 24.6 Å². The number of rotatable bonds is 3. The maximum atomic E-state index is 12.3. The summed E-state index contributed by atoms with van der Waals surface area (Å²) in [6, 6.07) is 2.28. The van der Waals surface area contributed by atoms with Crippen LogP contribution in [-0.2, 0) is 4.79 Å². The van der Waals surface area contributed by atoms with Crippen molar-refractivity contribution >= 4 is 29.2 Å². The Bertz CT molecular complexity index is 620. The van der Waals surface area contributed by atoms with Gasteiger partial charge in [0.2, 0.25) is 0 Å². The van der Waals surface area contributed by atoms with Crippen molar-refractivity contribution in [3.05, 3.63) is 38.9 Å². The van der Waals surface area contributed by atoms with Crippen molar-refractivity contribution in [3.63, 3.8) is 0 Å². The molecule has 1 aliphatic rings. The van der Waals surface area contributed by atoms with Crippen molar-refractivity contribution in [2.45, 2.75) is 18.6 Å². The molecule has 1 fully saturated rings. The molecule has 1 heterocycles. The smallest absolute Gasteiger partial charge is 0.326 e. The first-order chi connectivity index (χ1) is 9.81. The summed E-state index contributed by atoms with van der Waals surface area (Å²) >= 11 is 5.72. The Balaban J connectivity index is 2.29. The van der Waals surface area contributed by atoms with E-state index < -0.39 is 28.9 Å². The predicted octanol–water partition coefficient (Wildman–Crippen LogP) is 0.908. The fourth-order valence-corrected chi connectivity index (χ4v) is 2.48. The second kappa shape index (κ2) is 5.66. The molecule has 1 amide bonds. The van der Waals surface area contributed by atoms with Crippen molar-refractivity contribution in [1.82, 2.24) is 4.90 Å². The van der Waals surface area contributed by atoms with Crippen molar-refractivity contribution < 1.29 is 24.7 Å². The van der Waals surface area contributed by atoms with Crippen LogP contribution in [0.3, 0.4) is 0 Å². The molecule has 1 saturated heterocycles. The molecule has 2 rings (SSSR count). The molecule has 2 atom stereocenters. The molecule has 0 spiro atoms. The number of hydrogen-bond acceptors (Lipinski definition) is 5. The summed E-state index contributed by atoms with van der Waals surface area (Å²) in [6.45, 7) is -0.107. The van der Waals surface area contributed by atoms with Crippen LogP contribution in [0.5, 0.6) is 0 Å². The quantitative estimate of drug-likeness (QED) is 0.631. The van der Waals surface area contributed by atoms with E-state index in [4.69, 9.17) is 16.7 Å². The Kier molecular flexibility index (Phi) is 4.10. The maximum Gasteiger partial charge on any atom is 0.326 e. The molecular formula is C12H11ClN2O6. The van der Waals surface area contributed by atoms with E-state index >= 15 is 0 Å². The van der Waals surface area contributed by atoms with Gasteiger partial charge in [-0.25, -0.2) is 4.79 Å². The van der Waals surface area contributed by atoms with E-state index in [1.165, 1.54) is 6.07 Å². The number of nitrogens with zero attached hydrogens (tertiary/aromatic N) is 2. The highest BCUT2D eigenvalue weighted by Gasteiger charge is 2.39. The normalized spacial score (nSPS) is 21.3. The molecule has 0 aromatic heterocycles. The van der Waals surface area contributed by atoms with Crippen LogP contribution in [0.25, 0.3) is 0 Å². The average molecular weight is 315 g/mol. The number of carbonyl (C=O) groups is 2. The van der Waals surface area contributed by atoms with Gasteiger partial charge in [-0.05, 0) is 12.1 Å². The van der Waals surface area contributed by atoms with Crippen LogP contribution in [0, 0.1) is 10.1 Å². The number of carboxylic acid groups (broad SMARTS) is 1. The van der Waals surface area contributed by atoms with Gasteiger partial charge in [-0.15, -0.1) is 0 Å². The molecule has 1 aromatic rings. The number of aliphatic hydroxyl groups excluding tert-OH is 1. The first kappa shape index (κ1) is 15.2. The Hall–Kier alpha value is -2.19. The van der Waals surface area contributed by atoms with Crippen LogP contribution < -0.4 is 0 Å². The van der Waals surface area contributed by atoms with Gasteiger partial charge in [0.05, 0.1) is 11.0 Å². The summed E-state index contributed by atoms with van der Waals surface area (Å²) < 4.78 is 0. The molecule has 8 nitrogen and oxygen atoms in total. The molecule has 2 N–H and O–H groups in total. The van der Waals surface area contributed by atoms with Crippen molar-refractivity contribution in [3.8, 4) is 0 Å². The molecule has 112 valence electrons. The number of β-amino-alcohol motifs (C(OH)–C–C–N with tert-alkyl or cyclic N) is 1. The number of nitro groups is 1. The number of likely N-dealkylation sites (tertiary alicyclic amines) is 1. The van der Waals surface area contributed by atoms with Gasteiger partial charge in [0.25, 0.3) is 11.6 Å². The van der Waals surface area contributed by atoms with E-state index in [2.05, 4.69) is 0 Å². The molecule has 0 bridgehead atoms. The first-order valence-electron chi connectivity index (χ1n) is 5.97. The highest BCUT2D eigenvalue weighted by Crippen LogP contribution is 2.27. The topological polar surface area (TPSA) is 121 Å². The van der Waals surface area contributed by atoms with E-state index in [9.17, 15) is 24.8 Å². The second-order valence-electron chi connectivity index (χ2n) is 4.62. The fourth-order valence-electron chi connectivity index (χ4n) is 2.23. The SMILES string of the molecule is O=C(O)[C@@H]1C[C@@H](O)CN1C(=O)c1ccc([N+](=O)[O-])c(Cl)c1. The molecule has 0 radical (unpaired) electrons. The van der Waals surface area contributed by atoms with Crippen LogP contribution in [0.2, 0.25) is 5.02 Å². The summed E-state index contributed by atoms with van der Waals surface area (Å²) in [5.41, 5.74) is -0.310. The minimum atomic E-state index is -1.21. The van der Waals surface area contributed by atoms with Crippen LogP contribution in [0.1, 0.15) is 16.8 Å². The van der Waals surface area contributed by atoms with Gasteiger partial charge in [-0.3, -0.25) is 14.9 Å². The van der Waals surface area contributed by atoms with E-state index in [-0.39, 0.29) is 29.2 Å². The maximum absolute atomic E-state index is 12.3. The third-order valence-corrected chi connectivity index (χ3v) is 3.52. The van der Waals surface area contributed by atoms with Gasteiger partial charge in [-0.2, -0.15) is 0 Å². The average Bonchev–Trinajstić information content (AvgIpc) is 2.79. The number of benzene rings is 1. The van der Waals surface area contributed by atoms with Crippen LogP contribution in [0.4, 0.5) is 5.69 Å². The summed E-state index contributed by atoms with van der Waals surface area (Å²) in [5.74, 6) is -1.86. The van der Waals surface area contributed by atoms with Gasteiger partial charge in [0.15, 0.2) is 0 Å². The molecule has 21 heavy (non-hydrogen) atoms. The number of amides is 1. The predicted molar refractivity (Wildman–Crippen MR) is 71.2 cm³/mol. The van der Waals surface area contributed by atoms with E-state index in [0.717, 1.165) is 17.0 Å². The number of aliphatic carboxylic acids is 1. The molecule has 0 aliphatic carbocycles. The first-order valence-corrected chi connectivity index (χ1v) is 6.35. The van der Waals surface area contributed by atoms with Gasteiger partial charge < -0.3 is 15.1 Å². The minimum absolute atomic E-state index is 0.0333. The number of hydrogen-bond donors (Lipinski definition) is 2. The molecule has 9 heteroatoms. The largest absolute Gasteiger partial charge is 0.480 e. The minimum Gasteiger partial charge on any atom is -0.480 e. The van der Waals surface area contributed by atoms with E-state index in [1.807, 2.05) is 0 Å². The molecular weight excluding hydrogens is 304 g/mol. The zero-order valence-corrected chi connectivity index (χ0v) is 11.4. The lowest BCUT2D eigenvalue weighted by Gasteiger charge is -2.21. The molecule has 1 aromatic carbocycles. The Morgan fingerprint density at radius 2 is 2.10 bits per heavy atom. The molecule has 1 aliphatic heterocycles. The van der Waals surface area contributed by atoms with E-state index in [0.29, 0.717) is 0 Å². The third-order valence-electron chi connectivity index (χ3n) is 3.22. The third kappa shape index (κ3) is 2.96. The number of nitro benzene ring substituents is 1. The van der Waals surface area contributed by atoms with Gasteiger partial charge in [0.1, 0.15) is 11.1 Å². The van der Waals surface area contributed by atoms with Gasteiger partial charge >= 0.3 is 5.97 Å². The van der Waals surface area contributed by atoms with Crippen LogP contribution >= 0.6 is 11.6 Å². The number of carbonyl (C=O) groups excluding carboxylic acids is 1. The summed E-state index contributed by atoms with van der Waals surface area (Å²) in [5, 5.41) is 29.0. The number of aliphatic hydroxyl groups is 1. The summed E-state index contributed by atoms with van der Waals surface area (Å²) in [6.07, 6.45) is -0.967.